The number of oxazole rings is 1. The SMILES string of the molecule is CC.CNc1ccc2cc(-c3nc4ccccc4o3)c(=O)oc2c1.[HH]. The molecule has 0 spiro atoms. The summed E-state index contributed by atoms with van der Waals surface area (Å²) in [5, 5.41) is 3.83. The van der Waals surface area contributed by atoms with Crippen molar-refractivity contribution in [3.8, 4) is 11.5 Å². The van der Waals surface area contributed by atoms with Gasteiger partial charge in [0.15, 0.2) is 5.58 Å². The summed E-state index contributed by atoms with van der Waals surface area (Å²) in [4.78, 5) is 16.6. The molecule has 0 atom stereocenters. The van der Waals surface area contributed by atoms with Crippen LogP contribution in [0.4, 0.5) is 5.69 Å². The van der Waals surface area contributed by atoms with Gasteiger partial charge in [0.2, 0.25) is 5.89 Å². The molecule has 0 aliphatic carbocycles. The van der Waals surface area contributed by atoms with Crippen molar-refractivity contribution in [2.45, 2.75) is 13.8 Å². The topological polar surface area (TPSA) is 68.3 Å². The Balaban J connectivity index is 0.000000726. The zero-order valence-corrected chi connectivity index (χ0v) is 13.8. The first-order chi connectivity index (χ1) is 11.7. The molecule has 0 unspecified atom stereocenters. The summed E-state index contributed by atoms with van der Waals surface area (Å²) in [6.45, 7) is 4.00. The van der Waals surface area contributed by atoms with Crippen LogP contribution in [0.15, 0.2) is 62.2 Å². The fourth-order valence-corrected chi connectivity index (χ4v) is 2.40. The lowest BCUT2D eigenvalue weighted by atomic mass is 10.1. The van der Waals surface area contributed by atoms with Gasteiger partial charge in [-0.25, -0.2) is 9.78 Å². The van der Waals surface area contributed by atoms with Gasteiger partial charge in [-0.3, -0.25) is 0 Å². The molecular formula is C19H20N2O3. The number of fused-ring (bicyclic) bond motifs is 2. The summed E-state index contributed by atoms with van der Waals surface area (Å²) in [7, 11) is 1.81. The van der Waals surface area contributed by atoms with Crippen molar-refractivity contribution in [3.63, 3.8) is 0 Å². The van der Waals surface area contributed by atoms with Gasteiger partial charge in [-0.1, -0.05) is 26.0 Å². The molecule has 4 aromatic rings. The summed E-state index contributed by atoms with van der Waals surface area (Å²) < 4.78 is 11.0. The fraction of sp³-hybridized carbons (Fsp3) is 0.158. The van der Waals surface area contributed by atoms with E-state index in [0.29, 0.717) is 22.2 Å². The van der Waals surface area contributed by atoms with Crippen LogP contribution in [0, 0.1) is 0 Å². The Morgan fingerprint density at radius 2 is 1.79 bits per heavy atom. The molecule has 0 radical (unpaired) electrons. The van der Waals surface area contributed by atoms with E-state index in [1.165, 1.54) is 0 Å². The average molecular weight is 324 g/mol. The molecule has 24 heavy (non-hydrogen) atoms. The molecule has 0 aliphatic rings. The van der Waals surface area contributed by atoms with E-state index in [0.717, 1.165) is 11.1 Å². The molecule has 2 heterocycles. The second kappa shape index (κ2) is 6.58. The Bertz CT molecular complexity index is 1020. The first kappa shape index (κ1) is 15.8. The molecule has 0 amide bonds. The van der Waals surface area contributed by atoms with Crippen LogP contribution in [-0.4, -0.2) is 12.0 Å². The van der Waals surface area contributed by atoms with E-state index in [1.54, 1.807) is 12.1 Å². The van der Waals surface area contributed by atoms with E-state index < -0.39 is 5.63 Å². The van der Waals surface area contributed by atoms with Crippen LogP contribution in [0.1, 0.15) is 15.3 Å². The van der Waals surface area contributed by atoms with Gasteiger partial charge in [0.05, 0.1) is 0 Å². The number of para-hydroxylation sites is 2. The fourth-order valence-electron chi connectivity index (χ4n) is 2.40. The van der Waals surface area contributed by atoms with Crippen LogP contribution in [0.25, 0.3) is 33.5 Å². The molecule has 0 aliphatic heterocycles. The van der Waals surface area contributed by atoms with Gasteiger partial charge in [0.1, 0.15) is 16.7 Å². The number of nitrogens with one attached hydrogen (secondary N) is 1. The number of aromatic nitrogens is 1. The molecule has 124 valence electrons. The molecule has 1 N–H and O–H groups in total. The highest BCUT2D eigenvalue weighted by atomic mass is 16.4. The molecule has 4 rings (SSSR count). The summed E-state index contributed by atoms with van der Waals surface area (Å²) in [5.74, 6) is 0.273. The van der Waals surface area contributed by atoms with Crippen molar-refractivity contribution in [1.29, 1.82) is 0 Å². The lowest BCUT2D eigenvalue weighted by Crippen LogP contribution is -2.03. The number of rotatable bonds is 2. The minimum absolute atomic E-state index is 0. The quantitative estimate of drug-likeness (QED) is 0.530. The summed E-state index contributed by atoms with van der Waals surface area (Å²) in [6, 6.07) is 14.7. The van der Waals surface area contributed by atoms with E-state index >= 15 is 0 Å². The number of hydrogen-bond donors (Lipinski definition) is 1. The first-order valence-electron chi connectivity index (χ1n) is 7.86. The minimum atomic E-state index is -0.465. The Kier molecular flexibility index (Phi) is 4.33. The van der Waals surface area contributed by atoms with E-state index in [2.05, 4.69) is 10.3 Å². The van der Waals surface area contributed by atoms with Crippen LogP contribution >= 0.6 is 0 Å². The molecule has 5 nitrogen and oxygen atoms in total. The van der Waals surface area contributed by atoms with Crippen molar-refractivity contribution >= 4 is 27.8 Å². The lowest BCUT2D eigenvalue weighted by molar-refractivity contribution is 0.553. The smallest absolute Gasteiger partial charge is 0.349 e. The van der Waals surface area contributed by atoms with E-state index in [1.807, 2.05) is 57.3 Å². The van der Waals surface area contributed by atoms with Gasteiger partial charge in [0.25, 0.3) is 0 Å². The van der Waals surface area contributed by atoms with Gasteiger partial charge in [-0.15, -0.1) is 0 Å². The lowest BCUT2D eigenvalue weighted by Gasteiger charge is -2.02. The Hall–Kier alpha value is -3.08. The molecule has 2 aromatic heterocycles. The van der Waals surface area contributed by atoms with Crippen molar-refractivity contribution in [3.05, 3.63) is 59.0 Å². The largest absolute Gasteiger partial charge is 0.436 e. The third-order valence-corrected chi connectivity index (χ3v) is 3.55. The van der Waals surface area contributed by atoms with Gasteiger partial charge >= 0.3 is 5.63 Å². The summed E-state index contributed by atoms with van der Waals surface area (Å²) >= 11 is 0. The predicted octanol–water partition coefficient (Wildman–Crippen LogP) is 4.92. The van der Waals surface area contributed by atoms with Crippen LogP contribution in [0.2, 0.25) is 0 Å². The summed E-state index contributed by atoms with van der Waals surface area (Å²) in [6.07, 6.45) is 0. The highest BCUT2D eigenvalue weighted by molar-refractivity contribution is 5.84. The van der Waals surface area contributed by atoms with Crippen molar-refractivity contribution in [2.24, 2.45) is 0 Å². The van der Waals surface area contributed by atoms with Crippen LogP contribution < -0.4 is 10.9 Å². The third-order valence-electron chi connectivity index (χ3n) is 3.55. The van der Waals surface area contributed by atoms with E-state index in [9.17, 15) is 4.79 Å². The van der Waals surface area contributed by atoms with Crippen LogP contribution in [0.5, 0.6) is 0 Å². The summed E-state index contributed by atoms with van der Waals surface area (Å²) in [5.41, 5.74) is 2.61. The van der Waals surface area contributed by atoms with Crippen molar-refractivity contribution in [1.82, 2.24) is 4.98 Å². The molecule has 0 bridgehead atoms. The highest BCUT2D eigenvalue weighted by Gasteiger charge is 2.14. The van der Waals surface area contributed by atoms with Gasteiger partial charge in [-0.05, 0) is 30.3 Å². The molecule has 0 saturated carbocycles. The van der Waals surface area contributed by atoms with E-state index in [4.69, 9.17) is 8.83 Å². The van der Waals surface area contributed by atoms with Gasteiger partial charge < -0.3 is 14.2 Å². The number of hydrogen-bond acceptors (Lipinski definition) is 5. The number of benzene rings is 2. The van der Waals surface area contributed by atoms with Crippen LogP contribution in [0.3, 0.4) is 0 Å². The number of anilines is 1. The van der Waals surface area contributed by atoms with Crippen LogP contribution in [-0.2, 0) is 0 Å². The monoisotopic (exact) mass is 324 g/mol. The van der Waals surface area contributed by atoms with Gasteiger partial charge in [-0.2, -0.15) is 0 Å². The standard InChI is InChI=1S/C17H12N2O3.C2H6.H2/c1-18-11-7-6-10-8-12(17(20)22-15(10)9-11)16-19-13-4-2-3-5-14(13)21-16;1-2;/h2-9,18H,1H3;1-2H3;1H. The zero-order chi connectivity index (χ0) is 17.1. The van der Waals surface area contributed by atoms with E-state index in [-0.39, 0.29) is 7.32 Å². The Morgan fingerprint density at radius 3 is 2.54 bits per heavy atom. The molecule has 0 fully saturated rings. The van der Waals surface area contributed by atoms with Crippen molar-refractivity contribution in [2.75, 3.05) is 12.4 Å². The minimum Gasteiger partial charge on any atom is -0.436 e. The third kappa shape index (κ3) is 2.76. The number of nitrogens with zero attached hydrogens (tertiary/aromatic N) is 1. The maximum absolute atomic E-state index is 12.2. The van der Waals surface area contributed by atoms with Gasteiger partial charge in [0, 0.05) is 25.6 Å². The first-order valence-corrected chi connectivity index (χ1v) is 7.86. The maximum Gasteiger partial charge on any atom is 0.349 e. The maximum atomic E-state index is 12.2. The Labute approximate surface area is 140 Å². The molecule has 0 saturated heterocycles. The van der Waals surface area contributed by atoms with Crippen molar-refractivity contribution < 1.29 is 10.3 Å². The second-order valence-electron chi connectivity index (χ2n) is 4.94. The zero-order valence-electron chi connectivity index (χ0n) is 13.8. The normalized spacial score (nSPS) is 10.5. The molecule has 5 heteroatoms. The average Bonchev–Trinajstić information content (AvgIpc) is 3.06. The predicted molar refractivity (Wildman–Crippen MR) is 98.5 cm³/mol. The Morgan fingerprint density at radius 1 is 1.00 bits per heavy atom. The highest BCUT2D eigenvalue weighted by Crippen LogP contribution is 2.25. The molecular weight excluding hydrogens is 304 g/mol. The second-order valence-corrected chi connectivity index (χ2v) is 4.94. The molecule has 2 aromatic carbocycles.